The number of hydrogen-bond acceptors (Lipinski definition) is 2. The lowest BCUT2D eigenvalue weighted by Crippen LogP contribution is -2.34. The van der Waals surface area contributed by atoms with Gasteiger partial charge in [-0.2, -0.15) is 13.2 Å². The van der Waals surface area contributed by atoms with Gasteiger partial charge in [0.1, 0.15) is 5.82 Å². The van der Waals surface area contributed by atoms with Crippen LogP contribution in [0.15, 0.2) is 18.2 Å². The second-order valence-corrected chi connectivity index (χ2v) is 4.63. The summed E-state index contributed by atoms with van der Waals surface area (Å²) < 4.78 is 51.0. The van der Waals surface area contributed by atoms with Crippen molar-refractivity contribution in [2.24, 2.45) is 0 Å². The first kappa shape index (κ1) is 13.3. The van der Waals surface area contributed by atoms with Gasteiger partial charge in [0.25, 0.3) is 0 Å². The van der Waals surface area contributed by atoms with Gasteiger partial charge in [-0.25, -0.2) is 4.39 Å². The molecule has 18 heavy (non-hydrogen) atoms. The summed E-state index contributed by atoms with van der Waals surface area (Å²) in [5, 5.41) is 13.0. The number of benzene rings is 1. The maximum absolute atomic E-state index is 13.5. The molecule has 0 aliphatic carbocycles. The summed E-state index contributed by atoms with van der Waals surface area (Å²) >= 11 is 0. The molecule has 0 saturated carbocycles. The molecule has 2 N–H and O–H groups in total. The van der Waals surface area contributed by atoms with Crippen molar-refractivity contribution >= 4 is 0 Å². The average molecular weight is 263 g/mol. The van der Waals surface area contributed by atoms with Crippen molar-refractivity contribution < 1.29 is 22.7 Å². The standard InChI is InChI=1S/C12H13F4NO/c13-10-2-1-9(12(14,15)16)5-8(10)6-11(18)3-4-17-7-11/h1-2,5,17-18H,3-4,6-7H2. The summed E-state index contributed by atoms with van der Waals surface area (Å²) in [7, 11) is 0. The highest BCUT2D eigenvalue weighted by Gasteiger charge is 2.34. The van der Waals surface area contributed by atoms with E-state index >= 15 is 0 Å². The third-order valence-corrected chi connectivity index (χ3v) is 3.11. The van der Waals surface area contributed by atoms with Crippen LogP contribution in [0.3, 0.4) is 0 Å². The zero-order valence-electron chi connectivity index (χ0n) is 9.52. The van der Waals surface area contributed by atoms with E-state index in [0.717, 1.165) is 12.1 Å². The Hall–Kier alpha value is -1.14. The normalized spacial score (nSPS) is 24.5. The highest BCUT2D eigenvalue weighted by atomic mass is 19.4. The summed E-state index contributed by atoms with van der Waals surface area (Å²) in [6, 6.07) is 2.27. The van der Waals surface area contributed by atoms with E-state index in [9.17, 15) is 22.7 Å². The van der Waals surface area contributed by atoms with E-state index in [4.69, 9.17) is 0 Å². The van der Waals surface area contributed by atoms with Gasteiger partial charge in [-0.05, 0) is 36.7 Å². The zero-order chi connectivity index (χ0) is 13.4. The first-order valence-electron chi connectivity index (χ1n) is 5.59. The minimum atomic E-state index is -4.50. The van der Waals surface area contributed by atoms with E-state index < -0.39 is 23.2 Å². The lowest BCUT2D eigenvalue weighted by molar-refractivity contribution is -0.137. The smallest absolute Gasteiger partial charge is 0.388 e. The van der Waals surface area contributed by atoms with E-state index in [1.807, 2.05) is 0 Å². The van der Waals surface area contributed by atoms with Crippen molar-refractivity contribution in [3.63, 3.8) is 0 Å². The lowest BCUT2D eigenvalue weighted by atomic mass is 9.92. The number of hydrogen-bond donors (Lipinski definition) is 2. The fourth-order valence-corrected chi connectivity index (χ4v) is 2.12. The van der Waals surface area contributed by atoms with Gasteiger partial charge in [0.15, 0.2) is 0 Å². The molecule has 1 saturated heterocycles. The van der Waals surface area contributed by atoms with Crippen molar-refractivity contribution in [1.82, 2.24) is 5.32 Å². The molecule has 1 aliphatic rings. The van der Waals surface area contributed by atoms with Gasteiger partial charge in [-0.15, -0.1) is 0 Å². The molecule has 2 nitrogen and oxygen atoms in total. The van der Waals surface area contributed by atoms with Crippen molar-refractivity contribution in [2.75, 3.05) is 13.1 Å². The number of halogens is 4. The molecule has 1 fully saturated rings. The molecule has 100 valence electrons. The summed E-state index contributed by atoms with van der Waals surface area (Å²) in [4.78, 5) is 0. The molecule has 1 unspecified atom stereocenters. The molecule has 2 rings (SSSR count). The van der Waals surface area contributed by atoms with Crippen LogP contribution < -0.4 is 5.32 Å². The Morgan fingerprint density at radius 1 is 1.33 bits per heavy atom. The van der Waals surface area contributed by atoms with Crippen LogP contribution in [-0.4, -0.2) is 23.8 Å². The predicted octanol–water partition coefficient (Wildman–Crippen LogP) is 2.11. The number of alkyl halides is 3. The minimum Gasteiger partial charge on any atom is -0.388 e. The van der Waals surface area contributed by atoms with E-state index in [0.29, 0.717) is 19.0 Å². The Bertz CT molecular complexity index is 438. The van der Waals surface area contributed by atoms with Crippen molar-refractivity contribution in [3.05, 3.63) is 35.1 Å². The molecule has 6 heteroatoms. The Kier molecular flexibility index (Phi) is 3.33. The van der Waals surface area contributed by atoms with Gasteiger partial charge in [0.2, 0.25) is 0 Å². The van der Waals surface area contributed by atoms with Crippen molar-refractivity contribution in [3.8, 4) is 0 Å². The second kappa shape index (κ2) is 4.51. The van der Waals surface area contributed by atoms with Crippen molar-refractivity contribution in [1.29, 1.82) is 0 Å². The largest absolute Gasteiger partial charge is 0.416 e. The van der Waals surface area contributed by atoms with Crippen LogP contribution in [-0.2, 0) is 12.6 Å². The third kappa shape index (κ3) is 2.81. The van der Waals surface area contributed by atoms with E-state index in [1.54, 1.807) is 0 Å². The SMILES string of the molecule is OC1(Cc2cc(C(F)(F)F)ccc2F)CCNC1. The minimum absolute atomic E-state index is 0.101. The number of rotatable bonds is 2. The summed E-state index contributed by atoms with van der Waals surface area (Å²) in [5.41, 5.74) is -2.16. The van der Waals surface area contributed by atoms with E-state index in [-0.39, 0.29) is 18.5 Å². The molecule has 1 aliphatic heterocycles. The predicted molar refractivity (Wildman–Crippen MR) is 57.5 cm³/mol. The number of nitrogens with one attached hydrogen (secondary N) is 1. The average Bonchev–Trinajstić information content (AvgIpc) is 2.67. The molecule has 0 amide bonds. The van der Waals surface area contributed by atoms with Crippen LogP contribution in [0.4, 0.5) is 17.6 Å². The van der Waals surface area contributed by atoms with Crippen LogP contribution >= 0.6 is 0 Å². The second-order valence-electron chi connectivity index (χ2n) is 4.63. The first-order chi connectivity index (χ1) is 8.30. The van der Waals surface area contributed by atoms with Gasteiger partial charge in [-0.3, -0.25) is 0 Å². The maximum Gasteiger partial charge on any atom is 0.416 e. The lowest BCUT2D eigenvalue weighted by Gasteiger charge is -2.22. The van der Waals surface area contributed by atoms with Crippen LogP contribution in [0.25, 0.3) is 0 Å². The molecule has 0 radical (unpaired) electrons. The van der Waals surface area contributed by atoms with Gasteiger partial charge < -0.3 is 10.4 Å². The van der Waals surface area contributed by atoms with Gasteiger partial charge in [0, 0.05) is 13.0 Å². The van der Waals surface area contributed by atoms with Crippen LogP contribution in [0.1, 0.15) is 17.5 Å². The highest BCUT2D eigenvalue weighted by Crippen LogP contribution is 2.31. The molecule has 1 aromatic rings. The quantitative estimate of drug-likeness (QED) is 0.801. The highest BCUT2D eigenvalue weighted by molar-refractivity contribution is 5.28. The van der Waals surface area contributed by atoms with Crippen molar-refractivity contribution in [2.45, 2.75) is 24.6 Å². The summed E-state index contributed by atoms with van der Waals surface area (Å²) in [5.74, 6) is -0.719. The molecule has 1 heterocycles. The molecular weight excluding hydrogens is 250 g/mol. The molecule has 1 aromatic carbocycles. The molecule has 0 bridgehead atoms. The molecular formula is C12H13F4NO. The van der Waals surface area contributed by atoms with Crippen LogP contribution in [0, 0.1) is 5.82 Å². The Morgan fingerprint density at radius 2 is 2.06 bits per heavy atom. The topological polar surface area (TPSA) is 32.3 Å². The Balaban J connectivity index is 2.27. The van der Waals surface area contributed by atoms with Gasteiger partial charge in [0.05, 0.1) is 11.2 Å². The third-order valence-electron chi connectivity index (χ3n) is 3.11. The Morgan fingerprint density at radius 3 is 2.61 bits per heavy atom. The monoisotopic (exact) mass is 263 g/mol. The molecule has 0 spiro atoms. The first-order valence-corrected chi connectivity index (χ1v) is 5.59. The summed E-state index contributed by atoms with van der Waals surface area (Å²) in [6.07, 6.45) is -4.21. The maximum atomic E-state index is 13.5. The fourth-order valence-electron chi connectivity index (χ4n) is 2.12. The Labute approximate surface area is 102 Å². The van der Waals surface area contributed by atoms with Crippen LogP contribution in [0.2, 0.25) is 0 Å². The zero-order valence-corrected chi connectivity index (χ0v) is 9.52. The number of aliphatic hydroxyl groups is 1. The van der Waals surface area contributed by atoms with Crippen LogP contribution in [0.5, 0.6) is 0 Å². The fraction of sp³-hybridized carbons (Fsp3) is 0.500. The van der Waals surface area contributed by atoms with Gasteiger partial charge >= 0.3 is 6.18 Å². The van der Waals surface area contributed by atoms with E-state index in [2.05, 4.69) is 5.32 Å². The number of β-amino-alcohol motifs (C(OH)–C–C–N with tert-alkyl or cyclic N) is 1. The molecule has 1 atom stereocenters. The summed E-state index contributed by atoms with van der Waals surface area (Å²) in [6.45, 7) is 0.847. The van der Waals surface area contributed by atoms with E-state index in [1.165, 1.54) is 0 Å². The molecule has 0 aromatic heterocycles. The van der Waals surface area contributed by atoms with Gasteiger partial charge in [-0.1, -0.05) is 0 Å².